The number of aromatic nitrogens is 2. The Morgan fingerprint density at radius 3 is 2.56 bits per heavy atom. The van der Waals surface area contributed by atoms with E-state index in [0.717, 1.165) is 30.5 Å². The SMILES string of the molecule is Cc1cccc(C(CC(=O)CCCN(C)C)c2cn(Cc3ccccc3)c3ncccc23)c1.Cl. The Morgan fingerprint density at radius 1 is 1.03 bits per heavy atom. The molecule has 0 bridgehead atoms. The standard InChI is InChI=1S/C29H33N3O.ClH/c1-22-10-7-13-24(18-22)27(19-25(33)14-9-17-31(2)3)28-21-32(20-23-11-5-4-6-12-23)29-26(28)15-8-16-30-29;/h4-8,10-13,15-16,18,21,27H,9,14,17,19-20H2,1-3H3;1H. The smallest absolute Gasteiger partial charge is 0.140 e. The number of pyridine rings is 1. The molecule has 4 aromatic rings. The lowest BCUT2D eigenvalue weighted by Gasteiger charge is -2.18. The first kappa shape index (κ1) is 25.7. The normalized spacial score (nSPS) is 12.0. The number of rotatable bonds is 10. The summed E-state index contributed by atoms with van der Waals surface area (Å²) < 4.78 is 2.22. The van der Waals surface area contributed by atoms with Crippen molar-refractivity contribution < 1.29 is 4.79 Å². The van der Waals surface area contributed by atoms with Crippen LogP contribution in [0.15, 0.2) is 79.1 Å². The molecule has 0 aliphatic heterocycles. The Balaban J connectivity index is 0.00000324. The van der Waals surface area contributed by atoms with Crippen molar-refractivity contribution in [2.24, 2.45) is 0 Å². The Labute approximate surface area is 209 Å². The molecule has 0 fully saturated rings. The van der Waals surface area contributed by atoms with Gasteiger partial charge in [0.2, 0.25) is 0 Å². The van der Waals surface area contributed by atoms with Gasteiger partial charge in [-0.3, -0.25) is 4.79 Å². The van der Waals surface area contributed by atoms with Gasteiger partial charge in [-0.2, -0.15) is 0 Å². The second-order valence-electron chi connectivity index (χ2n) is 9.19. The zero-order valence-electron chi connectivity index (χ0n) is 20.3. The molecule has 0 aliphatic rings. The molecule has 4 rings (SSSR count). The predicted octanol–water partition coefficient (Wildman–Crippen LogP) is 6.25. The molecule has 0 spiro atoms. The van der Waals surface area contributed by atoms with Gasteiger partial charge in [-0.15, -0.1) is 12.4 Å². The molecule has 5 heteroatoms. The van der Waals surface area contributed by atoms with Crippen molar-refractivity contribution in [3.05, 3.63) is 101 Å². The van der Waals surface area contributed by atoms with E-state index >= 15 is 0 Å². The number of Topliss-reactive ketones (excluding diaryl/α,β-unsaturated/α-hetero) is 1. The molecule has 1 atom stereocenters. The van der Waals surface area contributed by atoms with E-state index < -0.39 is 0 Å². The average molecular weight is 476 g/mol. The highest BCUT2D eigenvalue weighted by Crippen LogP contribution is 2.35. The Bertz CT molecular complexity index is 1220. The summed E-state index contributed by atoms with van der Waals surface area (Å²) in [5.41, 5.74) is 5.79. The number of nitrogens with zero attached hydrogens (tertiary/aromatic N) is 3. The first-order valence-corrected chi connectivity index (χ1v) is 11.7. The Kier molecular flexibility index (Phi) is 9.03. The van der Waals surface area contributed by atoms with E-state index in [4.69, 9.17) is 4.98 Å². The number of benzene rings is 2. The summed E-state index contributed by atoms with van der Waals surface area (Å²) in [7, 11) is 4.10. The minimum absolute atomic E-state index is 0. The van der Waals surface area contributed by atoms with Crippen molar-refractivity contribution in [3.8, 4) is 0 Å². The highest BCUT2D eigenvalue weighted by Gasteiger charge is 2.23. The summed E-state index contributed by atoms with van der Waals surface area (Å²) in [6.07, 6.45) is 6.08. The molecule has 1 unspecified atom stereocenters. The van der Waals surface area contributed by atoms with Gasteiger partial charge in [0.15, 0.2) is 0 Å². The number of carbonyl (C=O) groups is 1. The summed E-state index contributed by atoms with van der Waals surface area (Å²) >= 11 is 0. The molecule has 0 radical (unpaired) electrons. The van der Waals surface area contributed by atoms with E-state index in [0.29, 0.717) is 18.6 Å². The molecule has 0 N–H and O–H groups in total. The fourth-order valence-corrected chi connectivity index (χ4v) is 4.54. The largest absolute Gasteiger partial charge is 0.328 e. The second-order valence-corrected chi connectivity index (χ2v) is 9.19. The van der Waals surface area contributed by atoms with Crippen LogP contribution in [0.1, 0.15) is 47.4 Å². The van der Waals surface area contributed by atoms with Gasteiger partial charge in [-0.25, -0.2) is 4.98 Å². The third-order valence-electron chi connectivity index (χ3n) is 6.17. The number of fused-ring (bicyclic) bond motifs is 1. The number of hydrogen-bond donors (Lipinski definition) is 0. The quantitative estimate of drug-likeness (QED) is 0.272. The molecular formula is C29H34ClN3O. The molecule has 2 heterocycles. The average Bonchev–Trinajstić information content (AvgIpc) is 3.16. The van der Waals surface area contributed by atoms with E-state index in [1.165, 1.54) is 22.3 Å². The predicted molar refractivity (Wildman–Crippen MR) is 143 cm³/mol. The van der Waals surface area contributed by atoms with Gasteiger partial charge < -0.3 is 9.47 Å². The van der Waals surface area contributed by atoms with Gasteiger partial charge >= 0.3 is 0 Å². The molecule has 0 saturated carbocycles. The lowest BCUT2D eigenvalue weighted by Crippen LogP contribution is -2.15. The first-order valence-electron chi connectivity index (χ1n) is 11.7. The molecule has 0 amide bonds. The topological polar surface area (TPSA) is 38.1 Å². The number of halogens is 1. The highest BCUT2D eigenvalue weighted by molar-refractivity contribution is 5.85. The zero-order chi connectivity index (χ0) is 23.2. The maximum Gasteiger partial charge on any atom is 0.140 e. The molecule has 34 heavy (non-hydrogen) atoms. The van der Waals surface area contributed by atoms with Crippen LogP contribution in [0.2, 0.25) is 0 Å². The fraction of sp³-hybridized carbons (Fsp3) is 0.310. The molecule has 2 aromatic carbocycles. The minimum Gasteiger partial charge on any atom is -0.328 e. The Morgan fingerprint density at radius 2 is 1.82 bits per heavy atom. The number of aryl methyl sites for hydroxylation is 1. The van der Waals surface area contributed by atoms with E-state index in [2.05, 4.69) is 91.3 Å². The van der Waals surface area contributed by atoms with Crippen LogP contribution in [0, 0.1) is 6.92 Å². The summed E-state index contributed by atoms with van der Waals surface area (Å²) in [6.45, 7) is 3.80. The second kappa shape index (κ2) is 12.0. The third-order valence-corrected chi connectivity index (χ3v) is 6.17. The molecule has 0 aliphatic carbocycles. The number of ketones is 1. The third kappa shape index (κ3) is 6.34. The van der Waals surface area contributed by atoms with Gasteiger partial charge in [0, 0.05) is 43.1 Å². The molecule has 4 nitrogen and oxygen atoms in total. The fourth-order valence-electron chi connectivity index (χ4n) is 4.54. The van der Waals surface area contributed by atoms with Crippen LogP contribution >= 0.6 is 12.4 Å². The number of carbonyl (C=O) groups excluding carboxylic acids is 1. The van der Waals surface area contributed by atoms with Crippen molar-refractivity contribution in [1.82, 2.24) is 14.5 Å². The van der Waals surface area contributed by atoms with Gasteiger partial charge in [0.05, 0.1) is 0 Å². The zero-order valence-corrected chi connectivity index (χ0v) is 21.1. The number of hydrogen-bond acceptors (Lipinski definition) is 3. The van der Waals surface area contributed by atoms with E-state index in [1.54, 1.807) is 0 Å². The van der Waals surface area contributed by atoms with E-state index in [-0.39, 0.29) is 18.3 Å². The van der Waals surface area contributed by atoms with Crippen molar-refractivity contribution >= 4 is 29.2 Å². The maximum atomic E-state index is 13.1. The molecule has 178 valence electrons. The molecular weight excluding hydrogens is 442 g/mol. The lowest BCUT2D eigenvalue weighted by molar-refractivity contribution is -0.119. The maximum absolute atomic E-state index is 13.1. The molecule has 2 aromatic heterocycles. The van der Waals surface area contributed by atoms with Crippen molar-refractivity contribution in [2.75, 3.05) is 20.6 Å². The van der Waals surface area contributed by atoms with E-state index in [1.807, 2.05) is 18.3 Å². The van der Waals surface area contributed by atoms with Crippen molar-refractivity contribution in [2.45, 2.75) is 38.6 Å². The van der Waals surface area contributed by atoms with Crippen LogP contribution in [0.3, 0.4) is 0 Å². The summed E-state index contributed by atoms with van der Waals surface area (Å²) in [4.78, 5) is 19.9. The van der Waals surface area contributed by atoms with Crippen LogP contribution in [-0.2, 0) is 11.3 Å². The van der Waals surface area contributed by atoms with Gasteiger partial charge in [-0.05, 0) is 62.8 Å². The first-order chi connectivity index (χ1) is 16.0. The summed E-state index contributed by atoms with van der Waals surface area (Å²) in [6, 6.07) is 23.2. The van der Waals surface area contributed by atoms with Crippen LogP contribution in [0.25, 0.3) is 11.0 Å². The van der Waals surface area contributed by atoms with E-state index in [9.17, 15) is 4.79 Å². The monoisotopic (exact) mass is 475 g/mol. The Hall–Kier alpha value is -2.95. The van der Waals surface area contributed by atoms with Crippen LogP contribution in [0.4, 0.5) is 0 Å². The molecule has 0 saturated heterocycles. The summed E-state index contributed by atoms with van der Waals surface area (Å²) in [5.74, 6) is 0.330. The van der Waals surface area contributed by atoms with Gasteiger partial charge in [0.25, 0.3) is 0 Å². The van der Waals surface area contributed by atoms with Crippen LogP contribution in [0.5, 0.6) is 0 Å². The summed E-state index contributed by atoms with van der Waals surface area (Å²) in [5, 5.41) is 1.13. The lowest BCUT2D eigenvalue weighted by atomic mass is 9.86. The van der Waals surface area contributed by atoms with Crippen molar-refractivity contribution in [1.29, 1.82) is 0 Å². The highest BCUT2D eigenvalue weighted by atomic mass is 35.5. The van der Waals surface area contributed by atoms with Gasteiger partial charge in [0.1, 0.15) is 11.4 Å². The van der Waals surface area contributed by atoms with Crippen molar-refractivity contribution in [3.63, 3.8) is 0 Å². The van der Waals surface area contributed by atoms with Crippen LogP contribution < -0.4 is 0 Å². The van der Waals surface area contributed by atoms with Gasteiger partial charge in [-0.1, -0.05) is 60.2 Å². The van der Waals surface area contributed by atoms with Crippen LogP contribution in [-0.4, -0.2) is 40.9 Å². The minimum atomic E-state index is 0.